The Balaban J connectivity index is 3.91. The van der Waals surface area contributed by atoms with Crippen LogP contribution in [0.3, 0.4) is 0 Å². The van der Waals surface area contributed by atoms with Gasteiger partial charge in [0.25, 0.3) is 0 Å². The molecule has 2 unspecified atom stereocenters. The summed E-state index contributed by atoms with van der Waals surface area (Å²) >= 11 is 0. The molecule has 0 aliphatic heterocycles. The van der Waals surface area contributed by atoms with Crippen molar-refractivity contribution in [3.8, 4) is 0 Å². The average Bonchev–Trinajstić information content (AvgIpc) is 0.920. The molecule has 2 atom stereocenters. The largest absolute Gasteiger partial charge is 0.472 e. The fourth-order valence-electron chi connectivity index (χ4n) is 13.1. The van der Waals surface area contributed by atoms with E-state index in [1.54, 1.807) is 0 Å². The molecule has 10 heteroatoms. The molecule has 0 fully saturated rings. The molecule has 0 aromatic carbocycles. The third-order valence-corrected chi connectivity index (χ3v) is 20.8. The molecule has 1 N–H and O–H groups in total. The lowest BCUT2D eigenvalue weighted by atomic mass is 10.0. The fraction of sp³-hybridized carbons (Fsp3) is 0.787. The van der Waals surface area contributed by atoms with Crippen LogP contribution in [0.25, 0.3) is 0 Å². The van der Waals surface area contributed by atoms with Crippen LogP contribution in [0.4, 0.5) is 0 Å². The molecule has 0 spiro atoms. The van der Waals surface area contributed by atoms with Crippen LogP contribution < -0.4 is 0 Å². The van der Waals surface area contributed by atoms with E-state index in [2.05, 4.69) is 123 Å². The summed E-state index contributed by atoms with van der Waals surface area (Å²) in [4.78, 5) is 36.1. The molecule has 0 heterocycles. The first-order valence-electron chi connectivity index (χ1n) is 44.6. The van der Waals surface area contributed by atoms with Crippen molar-refractivity contribution in [1.29, 1.82) is 0 Å². The number of ether oxygens (including phenoxy) is 2. The van der Waals surface area contributed by atoms with Crippen molar-refractivity contribution < 1.29 is 42.1 Å². The molecule has 0 bridgehead atoms. The van der Waals surface area contributed by atoms with Gasteiger partial charge in [-0.25, -0.2) is 4.57 Å². The van der Waals surface area contributed by atoms with Gasteiger partial charge < -0.3 is 18.9 Å². The molecule has 9 nitrogen and oxygen atoms in total. The summed E-state index contributed by atoms with van der Waals surface area (Å²) in [5.74, 6) is -0.783. The summed E-state index contributed by atoms with van der Waals surface area (Å²) in [6.45, 7) is 4.38. The minimum absolute atomic E-state index is 0.0302. The van der Waals surface area contributed by atoms with E-state index in [4.69, 9.17) is 18.5 Å². The van der Waals surface area contributed by atoms with E-state index >= 15 is 0 Å². The standard InChI is InChI=1S/C94H170NO8P/c1-6-8-10-12-14-16-18-20-22-24-26-28-30-32-34-36-38-40-42-44-46-47-49-51-53-55-57-59-61-63-65-67-69-71-73-75-77-79-81-83-85-87-94(97)103-92(91-102-104(98,99)101-89-88-95(3,4)5)90-100-93(96)86-84-82-80-78-76-74-72-70-68-66-64-62-60-58-56-54-52-50-48-45-43-41-39-37-35-33-31-29-27-25-23-21-19-17-15-13-11-9-7-2/h8,10,14,16,20,22,26,28,32,34,38,40,44,46,49,51,55,57,92H,6-7,9,11-13,15,17-19,21,23-25,27,29-31,33,35-37,39,41-43,45,47-48,50,52-54,56,58-91H2,1-5H3/p+1/b10-8-,16-14-,22-20-,28-26-,34-32-,40-38-,46-44-,51-49-,57-55-. The van der Waals surface area contributed by atoms with E-state index in [9.17, 15) is 19.0 Å². The smallest absolute Gasteiger partial charge is 0.462 e. The predicted octanol–water partition coefficient (Wildman–Crippen LogP) is 30.3. The first-order chi connectivity index (χ1) is 51.0. The van der Waals surface area contributed by atoms with E-state index in [-0.39, 0.29) is 25.6 Å². The van der Waals surface area contributed by atoms with Crippen molar-refractivity contribution in [2.75, 3.05) is 47.5 Å². The van der Waals surface area contributed by atoms with Gasteiger partial charge in [0.1, 0.15) is 19.8 Å². The zero-order valence-corrected chi connectivity index (χ0v) is 70.1. The molecule has 0 rings (SSSR count). The lowest BCUT2D eigenvalue weighted by Gasteiger charge is -2.24. The zero-order valence-electron chi connectivity index (χ0n) is 69.3. The number of phosphoric ester groups is 1. The van der Waals surface area contributed by atoms with Crippen molar-refractivity contribution in [2.45, 2.75) is 431 Å². The highest BCUT2D eigenvalue weighted by Gasteiger charge is 2.27. The van der Waals surface area contributed by atoms with Crippen LogP contribution in [0.15, 0.2) is 109 Å². The molecule has 0 amide bonds. The second-order valence-electron chi connectivity index (χ2n) is 31.3. The first-order valence-corrected chi connectivity index (χ1v) is 46.1. The van der Waals surface area contributed by atoms with Crippen molar-refractivity contribution in [2.24, 2.45) is 0 Å². The van der Waals surface area contributed by atoms with E-state index in [0.29, 0.717) is 23.9 Å². The van der Waals surface area contributed by atoms with E-state index in [1.165, 1.54) is 295 Å². The summed E-state index contributed by atoms with van der Waals surface area (Å²) in [7, 11) is 1.49. The number of quaternary nitrogens is 1. The molecular formula is C94H171NO8P+. The highest BCUT2D eigenvalue weighted by Crippen LogP contribution is 2.43. The third-order valence-electron chi connectivity index (χ3n) is 19.8. The first kappa shape index (κ1) is 101. The normalized spacial score (nSPS) is 13.5. The molecule has 604 valence electrons. The lowest BCUT2D eigenvalue weighted by Crippen LogP contribution is -2.37. The molecule has 0 saturated carbocycles. The molecule has 0 aliphatic carbocycles. The van der Waals surface area contributed by atoms with E-state index in [1.807, 2.05) is 21.1 Å². The maximum Gasteiger partial charge on any atom is 0.472 e. The Bertz CT molecular complexity index is 2130. The Morgan fingerprint density at radius 2 is 0.548 bits per heavy atom. The van der Waals surface area contributed by atoms with Gasteiger partial charge >= 0.3 is 19.8 Å². The predicted molar refractivity (Wildman–Crippen MR) is 455 cm³/mol. The minimum atomic E-state index is -4.40. The van der Waals surface area contributed by atoms with Gasteiger partial charge in [-0.05, 0) is 83.5 Å². The maximum atomic E-state index is 12.9. The molecule has 104 heavy (non-hydrogen) atoms. The van der Waals surface area contributed by atoms with Gasteiger partial charge in [-0.1, -0.05) is 438 Å². The minimum Gasteiger partial charge on any atom is -0.462 e. The van der Waals surface area contributed by atoms with Crippen molar-refractivity contribution in [3.05, 3.63) is 109 Å². The van der Waals surface area contributed by atoms with Crippen molar-refractivity contribution in [3.63, 3.8) is 0 Å². The summed E-state index contributed by atoms with van der Waals surface area (Å²) in [5.41, 5.74) is 0. The number of nitrogens with zero attached hydrogens (tertiary/aromatic N) is 1. The van der Waals surface area contributed by atoms with Gasteiger partial charge in [-0.15, -0.1) is 0 Å². The quantitative estimate of drug-likeness (QED) is 0.0211. The van der Waals surface area contributed by atoms with Gasteiger partial charge in [-0.3, -0.25) is 18.6 Å². The molecule has 0 radical (unpaired) electrons. The highest BCUT2D eigenvalue weighted by atomic mass is 31.2. The molecule has 0 aliphatic rings. The van der Waals surface area contributed by atoms with Crippen LogP contribution in [-0.2, 0) is 32.7 Å². The van der Waals surface area contributed by atoms with Crippen molar-refractivity contribution in [1.82, 2.24) is 0 Å². The summed E-state index contributed by atoms with van der Waals surface area (Å²) in [6, 6.07) is 0. The van der Waals surface area contributed by atoms with Crippen LogP contribution in [0, 0.1) is 0 Å². The number of likely N-dealkylation sites (N-methyl/N-ethyl adjacent to an activating group) is 1. The number of rotatable bonds is 83. The Labute approximate surface area is 646 Å². The number of carbonyl (C=O) groups excluding carboxylic acids is 2. The summed E-state index contributed by atoms with van der Waals surface area (Å²) < 4.78 is 34.9. The molecule has 0 saturated heterocycles. The lowest BCUT2D eigenvalue weighted by molar-refractivity contribution is -0.870. The van der Waals surface area contributed by atoms with Crippen LogP contribution in [0.1, 0.15) is 425 Å². The number of phosphoric acid groups is 1. The van der Waals surface area contributed by atoms with Gasteiger partial charge in [0.05, 0.1) is 27.7 Å². The second-order valence-corrected chi connectivity index (χ2v) is 32.7. The van der Waals surface area contributed by atoms with Crippen LogP contribution in [0.5, 0.6) is 0 Å². The van der Waals surface area contributed by atoms with Gasteiger partial charge in [0.15, 0.2) is 6.10 Å². The van der Waals surface area contributed by atoms with Crippen molar-refractivity contribution >= 4 is 19.8 Å². The second kappa shape index (κ2) is 83.7. The van der Waals surface area contributed by atoms with Crippen LogP contribution in [0.2, 0.25) is 0 Å². The number of esters is 2. The number of hydrogen-bond donors (Lipinski definition) is 1. The monoisotopic (exact) mass is 1470 g/mol. The van der Waals surface area contributed by atoms with Gasteiger partial charge in [-0.2, -0.15) is 0 Å². The maximum absolute atomic E-state index is 12.9. The molecular weight excluding hydrogens is 1300 g/mol. The average molecular weight is 1470 g/mol. The van der Waals surface area contributed by atoms with E-state index in [0.717, 1.165) is 96.3 Å². The summed E-state index contributed by atoms with van der Waals surface area (Å²) in [6.07, 6.45) is 120. The Morgan fingerprint density at radius 1 is 0.308 bits per heavy atom. The Hall–Kier alpha value is -3.33. The van der Waals surface area contributed by atoms with Gasteiger partial charge in [0, 0.05) is 12.8 Å². The third kappa shape index (κ3) is 87.6. The SMILES string of the molecule is CC/C=C\C/C=C\C/C=C\C/C=C\C/C=C\C/C=C\C/C=C\C/C=C\C/C=C\CCCCCCCCCCCCCCCC(=O)OC(COC(=O)CCCCCCCCCCCCCCCCCCCCCCCCCCCCCCCCCCCCCCCCC)COP(=O)(O)OCC[N+](C)(C)C. The number of hydrogen-bond acceptors (Lipinski definition) is 7. The van der Waals surface area contributed by atoms with Gasteiger partial charge in [0.2, 0.25) is 0 Å². The molecule has 0 aromatic heterocycles. The number of unbranched alkanes of at least 4 members (excludes halogenated alkanes) is 51. The summed E-state index contributed by atoms with van der Waals surface area (Å²) in [5, 5.41) is 0. The Morgan fingerprint density at radius 3 is 0.817 bits per heavy atom. The highest BCUT2D eigenvalue weighted by molar-refractivity contribution is 7.47. The zero-order chi connectivity index (χ0) is 75.4. The fourth-order valence-corrected chi connectivity index (χ4v) is 13.8. The number of carbonyl (C=O) groups is 2. The molecule has 0 aromatic rings. The Kier molecular flexibility index (Phi) is 81.0. The van der Waals surface area contributed by atoms with Crippen LogP contribution >= 0.6 is 7.82 Å². The topological polar surface area (TPSA) is 108 Å². The van der Waals surface area contributed by atoms with Crippen LogP contribution in [-0.4, -0.2) is 74.9 Å². The van der Waals surface area contributed by atoms with E-state index < -0.39 is 26.5 Å². The number of allylic oxidation sites excluding steroid dienone is 18.